The maximum atomic E-state index is 8.69. The van der Waals surface area contributed by atoms with Gasteiger partial charge in [0.05, 0.1) is 10.5 Å². The lowest BCUT2D eigenvalue weighted by molar-refractivity contribution is 1.05. The first kappa shape index (κ1) is 9.38. The summed E-state index contributed by atoms with van der Waals surface area (Å²) in [6, 6.07) is 7.33. The normalized spacial score (nSPS) is 10.1. The van der Waals surface area contributed by atoms with Gasteiger partial charge in [-0.1, -0.05) is 33.6 Å². The standard InChI is InChI=1S/C9H3BrClN3/c10-5-1-2-6-7(3-5)13-14-8(4-12)9(6)11/h1-3H. The van der Waals surface area contributed by atoms with E-state index in [1.807, 2.05) is 12.1 Å². The van der Waals surface area contributed by atoms with E-state index in [0.29, 0.717) is 10.5 Å². The van der Waals surface area contributed by atoms with Crippen LogP contribution in [0.4, 0.5) is 0 Å². The van der Waals surface area contributed by atoms with Crippen molar-refractivity contribution >= 4 is 38.4 Å². The van der Waals surface area contributed by atoms with E-state index in [0.717, 1.165) is 9.86 Å². The van der Waals surface area contributed by atoms with Crippen LogP contribution in [-0.4, -0.2) is 10.2 Å². The molecule has 0 fully saturated rings. The van der Waals surface area contributed by atoms with E-state index in [2.05, 4.69) is 26.1 Å². The van der Waals surface area contributed by atoms with Crippen LogP contribution in [-0.2, 0) is 0 Å². The minimum absolute atomic E-state index is 0.154. The summed E-state index contributed by atoms with van der Waals surface area (Å²) in [4.78, 5) is 0. The summed E-state index contributed by atoms with van der Waals surface area (Å²) in [7, 11) is 0. The summed E-state index contributed by atoms with van der Waals surface area (Å²) < 4.78 is 0.903. The molecule has 0 aliphatic carbocycles. The monoisotopic (exact) mass is 267 g/mol. The molecule has 0 atom stereocenters. The topological polar surface area (TPSA) is 49.6 Å². The Bertz CT molecular complexity index is 547. The van der Waals surface area contributed by atoms with Crippen LogP contribution in [0.15, 0.2) is 22.7 Å². The Balaban J connectivity index is 2.85. The zero-order valence-electron chi connectivity index (χ0n) is 6.83. The summed E-state index contributed by atoms with van der Waals surface area (Å²) in [5.74, 6) is 0. The van der Waals surface area contributed by atoms with E-state index in [-0.39, 0.29) is 5.69 Å². The predicted molar refractivity (Wildman–Crippen MR) is 57.0 cm³/mol. The summed E-state index contributed by atoms with van der Waals surface area (Å²) >= 11 is 9.27. The largest absolute Gasteiger partial charge is 0.191 e. The lowest BCUT2D eigenvalue weighted by Gasteiger charge is -1.99. The Labute approximate surface area is 93.4 Å². The first-order chi connectivity index (χ1) is 6.72. The molecule has 0 unspecified atom stereocenters. The van der Waals surface area contributed by atoms with Crippen molar-refractivity contribution in [3.05, 3.63) is 33.4 Å². The van der Waals surface area contributed by atoms with E-state index in [4.69, 9.17) is 16.9 Å². The summed E-state index contributed by atoms with van der Waals surface area (Å²) in [6.07, 6.45) is 0. The van der Waals surface area contributed by atoms with E-state index in [9.17, 15) is 0 Å². The third-order valence-electron chi connectivity index (χ3n) is 1.77. The average Bonchev–Trinajstić information content (AvgIpc) is 2.18. The summed E-state index contributed by atoms with van der Waals surface area (Å²) in [5.41, 5.74) is 0.824. The number of nitrogens with zero attached hydrogens (tertiary/aromatic N) is 3. The molecule has 14 heavy (non-hydrogen) atoms. The highest BCUT2D eigenvalue weighted by atomic mass is 79.9. The fourth-order valence-corrected chi connectivity index (χ4v) is 1.71. The van der Waals surface area contributed by atoms with Crippen LogP contribution in [0.1, 0.15) is 5.69 Å². The second kappa shape index (κ2) is 3.52. The van der Waals surface area contributed by atoms with Crippen molar-refractivity contribution in [2.24, 2.45) is 0 Å². The molecule has 1 aromatic heterocycles. The molecule has 0 aliphatic heterocycles. The molecule has 1 aromatic carbocycles. The van der Waals surface area contributed by atoms with Crippen LogP contribution in [0.2, 0.25) is 5.02 Å². The molecule has 0 saturated carbocycles. The molecule has 2 aromatic rings. The third kappa shape index (κ3) is 1.45. The number of hydrogen-bond acceptors (Lipinski definition) is 3. The zero-order chi connectivity index (χ0) is 10.1. The second-order valence-corrected chi connectivity index (χ2v) is 3.93. The molecular weight excluding hydrogens is 265 g/mol. The molecule has 0 saturated heterocycles. The van der Waals surface area contributed by atoms with Crippen LogP contribution in [0.3, 0.4) is 0 Å². The van der Waals surface area contributed by atoms with Gasteiger partial charge in [-0.2, -0.15) is 5.26 Å². The number of aromatic nitrogens is 2. The highest BCUT2D eigenvalue weighted by molar-refractivity contribution is 9.10. The van der Waals surface area contributed by atoms with Crippen molar-refractivity contribution in [3.8, 4) is 6.07 Å². The molecular formula is C9H3BrClN3. The zero-order valence-corrected chi connectivity index (χ0v) is 9.17. The van der Waals surface area contributed by atoms with Gasteiger partial charge in [-0.15, -0.1) is 10.2 Å². The Kier molecular flexibility index (Phi) is 2.36. The fraction of sp³-hybridized carbons (Fsp3) is 0. The quantitative estimate of drug-likeness (QED) is 0.738. The fourth-order valence-electron chi connectivity index (χ4n) is 1.12. The molecule has 0 bridgehead atoms. The highest BCUT2D eigenvalue weighted by Gasteiger charge is 2.07. The number of hydrogen-bond donors (Lipinski definition) is 0. The van der Waals surface area contributed by atoms with E-state index in [1.165, 1.54) is 0 Å². The van der Waals surface area contributed by atoms with E-state index >= 15 is 0 Å². The van der Waals surface area contributed by atoms with Gasteiger partial charge in [0.1, 0.15) is 6.07 Å². The van der Waals surface area contributed by atoms with E-state index in [1.54, 1.807) is 12.1 Å². The number of halogens is 2. The molecule has 0 radical (unpaired) electrons. The van der Waals surface area contributed by atoms with Crippen molar-refractivity contribution in [1.82, 2.24) is 10.2 Å². The van der Waals surface area contributed by atoms with Crippen LogP contribution in [0.25, 0.3) is 10.9 Å². The molecule has 2 rings (SSSR count). The summed E-state index contributed by atoms with van der Waals surface area (Å²) in [6.45, 7) is 0. The van der Waals surface area contributed by atoms with Gasteiger partial charge in [0, 0.05) is 9.86 Å². The van der Waals surface area contributed by atoms with Crippen molar-refractivity contribution in [1.29, 1.82) is 5.26 Å². The number of nitriles is 1. The molecule has 68 valence electrons. The Hall–Kier alpha value is -1.18. The van der Waals surface area contributed by atoms with Crippen molar-refractivity contribution in [2.75, 3.05) is 0 Å². The maximum Gasteiger partial charge on any atom is 0.182 e. The average molecular weight is 269 g/mol. The number of fused-ring (bicyclic) bond motifs is 1. The third-order valence-corrected chi connectivity index (χ3v) is 2.64. The van der Waals surface area contributed by atoms with Crippen molar-refractivity contribution in [3.63, 3.8) is 0 Å². The van der Waals surface area contributed by atoms with Gasteiger partial charge in [0.2, 0.25) is 0 Å². The lowest BCUT2D eigenvalue weighted by atomic mass is 10.2. The van der Waals surface area contributed by atoms with Crippen LogP contribution >= 0.6 is 27.5 Å². The van der Waals surface area contributed by atoms with Gasteiger partial charge in [-0.3, -0.25) is 0 Å². The van der Waals surface area contributed by atoms with Crippen molar-refractivity contribution in [2.45, 2.75) is 0 Å². The first-order valence-electron chi connectivity index (χ1n) is 3.74. The number of benzene rings is 1. The Morgan fingerprint density at radius 1 is 1.36 bits per heavy atom. The molecule has 0 N–H and O–H groups in total. The van der Waals surface area contributed by atoms with Gasteiger partial charge in [-0.05, 0) is 12.1 Å². The minimum Gasteiger partial charge on any atom is -0.191 e. The summed E-state index contributed by atoms with van der Waals surface area (Å²) in [5, 5.41) is 17.4. The van der Waals surface area contributed by atoms with Crippen LogP contribution in [0.5, 0.6) is 0 Å². The minimum atomic E-state index is 0.154. The van der Waals surface area contributed by atoms with Crippen LogP contribution < -0.4 is 0 Å². The van der Waals surface area contributed by atoms with Crippen LogP contribution in [0, 0.1) is 11.3 Å². The predicted octanol–water partition coefficient (Wildman–Crippen LogP) is 2.92. The SMILES string of the molecule is N#Cc1nnc2cc(Br)ccc2c1Cl. The van der Waals surface area contributed by atoms with E-state index < -0.39 is 0 Å². The number of rotatable bonds is 0. The molecule has 0 aliphatic rings. The van der Waals surface area contributed by atoms with Gasteiger partial charge in [0.25, 0.3) is 0 Å². The molecule has 5 heteroatoms. The molecule has 0 amide bonds. The highest BCUT2D eigenvalue weighted by Crippen LogP contribution is 2.25. The second-order valence-electron chi connectivity index (χ2n) is 2.64. The Morgan fingerprint density at radius 3 is 2.86 bits per heavy atom. The molecule has 3 nitrogen and oxygen atoms in total. The van der Waals surface area contributed by atoms with Gasteiger partial charge in [0.15, 0.2) is 5.69 Å². The van der Waals surface area contributed by atoms with Gasteiger partial charge >= 0.3 is 0 Å². The molecule has 1 heterocycles. The lowest BCUT2D eigenvalue weighted by Crippen LogP contribution is -1.90. The first-order valence-corrected chi connectivity index (χ1v) is 4.91. The molecule has 0 spiro atoms. The Morgan fingerprint density at radius 2 is 2.14 bits per heavy atom. The van der Waals surface area contributed by atoms with Gasteiger partial charge < -0.3 is 0 Å². The maximum absolute atomic E-state index is 8.69. The van der Waals surface area contributed by atoms with Crippen molar-refractivity contribution < 1.29 is 0 Å². The smallest absolute Gasteiger partial charge is 0.182 e. The van der Waals surface area contributed by atoms with Gasteiger partial charge in [-0.25, -0.2) is 0 Å².